The highest BCUT2D eigenvalue weighted by molar-refractivity contribution is 5.03. The normalized spacial score (nSPS) is 30.6. The summed E-state index contributed by atoms with van der Waals surface area (Å²) in [7, 11) is 0. The standard InChI is InChI=1S/C5H8N2/c1-5(2)3-4-6-7-5/h3-4H,1-2H3/i3D,4D. The molecule has 1 aliphatic heterocycles. The van der Waals surface area contributed by atoms with Gasteiger partial charge in [-0.1, -0.05) is 0 Å². The van der Waals surface area contributed by atoms with Crippen LogP contribution in [0.4, 0.5) is 0 Å². The molecule has 0 radical (unpaired) electrons. The smallest absolute Gasteiger partial charge is 0.0962 e. The van der Waals surface area contributed by atoms with E-state index in [1.54, 1.807) is 13.8 Å². The van der Waals surface area contributed by atoms with E-state index in [4.69, 9.17) is 2.74 Å². The van der Waals surface area contributed by atoms with Crippen molar-refractivity contribution in [3.05, 3.63) is 12.2 Å². The summed E-state index contributed by atoms with van der Waals surface area (Å²) >= 11 is 0. The predicted molar refractivity (Wildman–Crippen MR) is 28.1 cm³/mol. The largest absolute Gasteiger partial charge is 0.179 e. The summed E-state index contributed by atoms with van der Waals surface area (Å²) in [5.41, 5.74) is -0.558. The van der Waals surface area contributed by atoms with Crippen LogP contribution in [0.2, 0.25) is 0 Å². The molecule has 0 unspecified atom stereocenters. The van der Waals surface area contributed by atoms with Crippen molar-refractivity contribution < 1.29 is 2.74 Å². The van der Waals surface area contributed by atoms with Crippen LogP contribution in [0.15, 0.2) is 22.5 Å². The molecule has 0 fully saturated rings. The SMILES string of the molecule is [2H]C1=C([2H])C(C)(C)N=N1. The zero-order valence-corrected chi connectivity index (χ0v) is 4.39. The summed E-state index contributed by atoms with van der Waals surface area (Å²) < 4.78 is 14.3. The maximum atomic E-state index is 7.25. The zero-order chi connectivity index (χ0) is 7.07. The van der Waals surface area contributed by atoms with Crippen molar-refractivity contribution in [2.45, 2.75) is 19.4 Å². The van der Waals surface area contributed by atoms with E-state index >= 15 is 0 Å². The van der Waals surface area contributed by atoms with E-state index in [2.05, 4.69) is 10.2 Å². The van der Waals surface area contributed by atoms with E-state index in [9.17, 15) is 0 Å². The van der Waals surface area contributed by atoms with Gasteiger partial charge in [0.25, 0.3) is 0 Å². The van der Waals surface area contributed by atoms with Gasteiger partial charge in [-0.05, 0) is 19.9 Å². The van der Waals surface area contributed by atoms with Gasteiger partial charge in [-0.3, -0.25) is 0 Å². The molecule has 2 heteroatoms. The van der Waals surface area contributed by atoms with Crippen LogP contribution in [0.1, 0.15) is 16.6 Å². The molecule has 0 saturated heterocycles. The van der Waals surface area contributed by atoms with Crippen LogP contribution in [-0.2, 0) is 0 Å². The van der Waals surface area contributed by atoms with Crippen LogP contribution in [0.5, 0.6) is 0 Å². The number of hydrogen-bond donors (Lipinski definition) is 0. The van der Waals surface area contributed by atoms with E-state index in [1.807, 2.05) is 0 Å². The molecular formula is C5H8N2. The van der Waals surface area contributed by atoms with E-state index in [1.165, 1.54) is 0 Å². The molecule has 0 N–H and O–H groups in total. The average Bonchev–Trinajstić information content (AvgIpc) is 1.97. The highest BCUT2D eigenvalue weighted by Gasteiger charge is 2.13. The lowest BCUT2D eigenvalue weighted by Gasteiger charge is -2.04. The van der Waals surface area contributed by atoms with Crippen LogP contribution in [0, 0.1) is 0 Å². The van der Waals surface area contributed by atoms with Crippen LogP contribution in [0.25, 0.3) is 0 Å². The summed E-state index contributed by atoms with van der Waals surface area (Å²) in [6, 6.07) is 0.197. The molecule has 1 heterocycles. The van der Waals surface area contributed by atoms with Gasteiger partial charge in [0.1, 0.15) is 0 Å². The third kappa shape index (κ3) is 0.856. The van der Waals surface area contributed by atoms with E-state index in [0.29, 0.717) is 0 Å². The summed E-state index contributed by atoms with van der Waals surface area (Å²) in [6.45, 7) is 3.53. The first-order chi connectivity index (χ1) is 4.04. The Morgan fingerprint density at radius 3 is 2.57 bits per heavy atom. The minimum Gasteiger partial charge on any atom is -0.179 e. The molecule has 0 saturated carbocycles. The molecule has 2 nitrogen and oxygen atoms in total. The molecule has 1 rings (SSSR count). The summed E-state index contributed by atoms with van der Waals surface area (Å²) in [5, 5.41) is 7.16. The molecule has 0 aromatic rings. The lowest BCUT2D eigenvalue weighted by molar-refractivity contribution is 0.644. The van der Waals surface area contributed by atoms with E-state index < -0.39 is 5.54 Å². The summed E-state index contributed by atoms with van der Waals surface area (Å²) in [5.74, 6) is 0. The van der Waals surface area contributed by atoms with Gasteiger partial charge in [0.05, 0.1) is 8.28 Å². The van der Waals surface area contributed by atoms with Gasteiger partial charge in [-0.15, -0.1) is 0 Å². The second kappa shape index (κ2) is 1.15. The summed E-state index contributed by atoms with van der Waals surface area (Å²) in [6.07, 6.45) is -0.0139. The van der Waals surface area contributed by atoms with Gasteiger partial charge in [-0.25, -0.2) is 0 Å². The second-order valence-electron chi connectivity index (χ2n) is 2.00. The molecule has 7 heavy (non-hydrogen) atoms. The number of azo groups is 1. The third-order valence-electron chi connectivity index (χ3n) is 0.712. The Labute approximate surface area is 45.8 Å². The van der Waals surface area contributed by atoms with Crippen LogP contribution < -0.4 is 0 Å². The highest BCUT2D eigenvalue weighted by Crippen LogP contribution is 2.15. The molecule has 0 spiro atoms. The minimum absolute atomic E-state index is 0.0139. The van der Waals surface area contributed by atoms with E-state index in [-0.39, 0.29) is 12.2 Å². The van der Waals surface area contributed by atoms with Crippen LogP contribution in [-0.4, -0.2) is 5.54 Å². The van der Waals surface area contributed by atoms with Crippen molar-refractivity contribution in [2.75, 3.05) is 0 Å². The van der Waals surface area contributed by atoms with E-state index in [0.717, 1.165) is 0 Å². The molecular weight excluding hydrogens is 88.1 g/mol. The molecule has 0 aromatic carbocycles. The first-order valence-corrected chi connectivity index (χ1v) is 2.15. The number of nitrogens with zero attached hydrogens (tertiary/aromatic N) is 2. The maximum absolute atomic E-state index is 7.25. The fraction of sp³-hybridized carbons (Fsp3) is 0.600. The van der Waals surface area contributed by atoms with Crippen molar-refractivity contribution in [1.29, 1.82) is 0 Å². The topological polar surface area (TPSA) is 24.7 Å². The quantitative estimate of drug-likeness (QED) is 0.441. The lowest BCUT2D eigenvalue weighted by atomic mass is 10.1. The number of rotatable bonds is 0. The third-order valence-corrected chi connectivity index (χ3v) is 0.712. The van der Waals surface area contributed by atoms with Gasteiger partial charge < -0.3 is 0 Å². The molecule has 38 valence electrons. The molecule has 0 atom stereocenters. The molecule has 1 aliphatic rings. The van der Waals surface area contributed by atoms with Gasteiger partial charge in [0.15, 0.2) is 0 Å². The molecule has 0 amide bonds. The van der Waals surface area contributed by atoms with Gasteiger partial charge >= 0.3 is 0 Å². The van der Waals surface area contributed by atoms with Gasteiger partial charge in [-0.2, -0.15) is 10.2 Å². The van der Waals surface area contributed by atoms with Crippen molar-refractivity contribution in [3.8, 4) is 0 Å². The van der Waals surface area contributed by atoms with Gasteiger partial charge in [0, 0.05) is 6.18 Å². The predicted octanol–water partition coefficient (Wildman–Crippen LogP) is 1.74. The monoisotopic (exact) mass is 98.1 g/mol. The van der Waals surface area contributed by atoms with Crippen molar-refractivity contribution in [3.63, 3.8) is 0 Å². The second-order valence-corrected chi connectivity index (χ2v) is 2.00. The molecule has 0 aromatic heterocycles. The average molecular weight is 98.1 g/mol. The Morgan fingerprint density at radius 2 is 2.43 bits per heavy atom. The Bertz CT molecular complexity index is 193. The number of hydrogen-bond acceptors (Lipinski definition) is 2. The van der Waals surface area contributed by atoms with Crippen molar-refractivity contribution in [2.24, 2.45) is 10.2 Å². The minimum atomic E-state index is -0.558. The summed E-state index contributed by atoms with van der Waals surface area (Å²) in [4.78, 5) is 0. The van der Waals surface area contributed by atoms with Crippen molar-refractivity contribution >= 4 is 0 Å². The van der Waals surface area contributed by atoms with Gasteiger partial charge in [0.2, 0.25) is 0 Å². The fourth-order valence-corrected chi connectivity index (χ4v) is 0.337. The fourth-order valence-electron chi connectivity index (χ4n) is 0.337. The van der Waals surface area contributed by atoms with Crippen molar-refractivity contribution in [1.82, 2.24) is 0 Å². The lowest BCUT2D eigenvalue weighted by Crippen LogP contribution is -2.07. The highest BCUT2D eigenvalue weighted by atomic mass is 15.2. The Balaban J connectivity index is 3.01. The zero-order valence-electron chi connectivity index (χ0n) is 6.39. The molecule has 0 aliphatic carbocycles. The molecule has 0 bridgehead atoms. The van der Waals surface area contributed by atoms with Crippen LogP contribution >= 0.6 is 0 Å². The Kier molecular flexibility index (Phi) is 0.428. The Hall–Kier alpha value is -0.660. The first-order valence-electron chi connectivity index (χ1n) is 3.15. The van der Waals surface area contributed by atoms with Crippen LogP contribution in [0.3, 0.4) is 0 Å². The maximum Gasteiger partial charge on any atom is 0.0962 e. The first kappa shape index (κ1) is 2.60. The Morgan fingerprint density at radius 1 is 1.71 bits per heavy atom.